The number of nitrogens with zero attached hydrogens (tertiary/aromatic N) is 2. The number of amides is 2. The highest BCUT2D eigenvalue weighted by molar-refractivity contribution is 5.82. The smallest absolute Gasteiger partial charge is 0.240 e. The molecular weight excluding hydrogens is 380 g/mol. The van der Waals surface area contributed by atoms with Gasteiger partial charge in [0.25, 0.3) is 0 Å². The number of carbonyl (C=O) groups is 2. The fourth-order valence-electron chi connectivity index (χ4n) is 6.64. The van der Waals surface area contributed by atoms with Crippen LogP contribution in [0.1, 0.15) is 51.4 Å². The largest absolute Gasteiger partial charge is 0.287 e. The van der Waals surface area contributed by atoms with Crippen molar-refractivity contribution in [1.29, 1.82) is 0 Å². The first kappa shape index (κ1) is 19.3. The second kappa shape index (κ2) is 7.52. The number of aromatic nitrogens is 2. The molecule has 0 aliphatic heterocycles. The zero-order valence-corrected chi connectivity index (χ0v) is 17.1. The lowest BCUT2D eigenvalue weighted by Gasteiger charge is -2.56. The van der Waals surface area contributed by atoms with E-state index in [0.717, 1.165) is 17.8 Å². The molecule has 4 saturated carbocycles. The SMILES string of the molecule is O=C(CCn1ncc(=O)c2ccccc21)NNC(=O)CC12CC3CC(CC(C3)C1)C2. The van der Waals surface area contributed by atoms with Crippen LogP contribution in [-0.2, 0) is 16.1 Å². The molecule has 4 bridgehead atoms. The predicted molar refractivity (Wildman–Crippen MR) is 112 cm³/mol. The van der Waals surface area contributed by atoms with Crippen molar-refractivity contribution in [3.63, 3.8) is 0 Å². The lowest BCUT2D eigenvalue weighted by Crippen LogP contribution is -2.50. The number of para-hydroxylation sites is 1. The summed E-state index contributed by atoms with van der Waals surface area (Å²) in [6.45, 7) is 0.331. The Hall–Kier alpha value is -2.70. The van der Waals surface area contributed by atoms with Gasteiger partial charge in [-0.2, -0.15) is 5.10 Å². The summed E-state index contributed by atoms with van der Waals surface area (Å²) in [5.41, 5.74) is 5.89. The Morgan fingerprint density at radius 1 is 1.00 bits per heavy atom. The fourth-order valence-corrected chi connectivity index (χ4v) is 6.64. The summed E-state index contributed by atoms with van der Waals surface area (Å²) in [7, 11) is 0. The molecule has 4 fully saturated rings. The maximum atomic E-state index is 12.5. The lowest BCUT2D eigenvalue weighted by molar-refractivity contribution is -0.134. The third-order valence-electron chi connectivity index (χ3n) is 7.35. The Morgan fingerprint density at radius 2 is 1.63 bits per heavy atom. The van der Waals surface area contributed by atoms with E-state index in [1.54, 1.807) is 16.8 Å². The summed E-state index contributed by atoms with van der Waals surface area (Å²) < 4.78 is 1.65. The summed E-state index contributed by atoms with van der Waals surface area (Å²) in [5, 5.41) is 4.71. The second-order valence-electron chi connectivity index (χ2n) is 9.69. The van der Waals surface area contributed by atoms with Crippen LogP contribution in [0.2, 0.25) is 0 Å². The Labute approximate surface area is 175 Å². The van der Waals surface area contributed by atoms with Crippen LogP contribution >= 0.6 is 0 Å². The summed E-state index contributed by atoms with van der Waals surface area (Å²) in [5.74, 6) is 2.06. The highest BCUT2D eigenvalue weighted by Gasteiger charge is 2.51. The highest BCUT2D eigenvalue weighted by atomic mass is 16.2. The number of rotatable bonds is 5. The first-order chi connectivity index (χ1) is 14.5. The first-order valence-electron chi connectivity index (χ1n) is 11.0. The molecule has 4 aliphatic carbocycles. The van der Waals surface area contributed by atoms with Crippen LogP contribution in [0.25, 0.3) is 10.9 Å². The van der Waals surface area contributed by atoms with Gasteiger partial charge in [-0.25, -0.2) is 0 Å². The molecule has 0 unspecified atom stereocenters. The van der Waals surface area contributed by atoms with Crippen LogP contribution in [0.3, 0.4) is 0 Å². The first-order valence-corrected chi connectivity index (χ1v) is 11.0. The molecule has 30 heavy (non-hydrogen) atoms. The number of carbonyl (C=O) groups excluding carboxylic acids is 2. The third kappa shape index (κ3) is 3.73. The molecule has 0 radical (unpaired) electrons. The molecule has 2 aromatic rings. The van der Waals surface area contributed by atoms with E-state index in [0.29, 0.717) is 23.9 Å². The number of benzene rings is 1. The van der Waals surface area contributed by atoms with Crippen LogP contribution in [0.15, 0.2) is 35.3 Å². The molecule has 4 aliphatic rings. The van der Waals surface area contributed by atoms with Crippen LogP contribution in [0.4, 0.5) is 0 Å². The Bertz CT molecular complexity index is 1010. The maximum Gasteiger partial charge on any atom is 0.240 e. The Morgan fingerprint density at radius 3 is 2.33 bits per heavy atom. The minimum atomic E-state index is -0.265. The van der Waals surface area contributed by atoms with Gasteiger partial charge in [-0.15, -0.1) is 0 Å². The number of nitrogens with one attached hydrogen (secondary N) is 2. The fraction of sp³-hybridized carbons (Fsp3) is 0.565. The van der Waals surface area contributed by atoms with Gasteiger partial charge in [-0.1, -0.05) is 12.1 Å². The number of hydrazine groups is 1. The molecule has 1 heterocycles. The predicted octanol–water partition coefficient (Wildman–Crippen LogP) is 2.54. The van der Waals surface area contributed by atoms with E-state index in [9.17, 15) is 14.4 Å². The molecule has 2 N–H and O–H groups in total. The zero-order valence-electron chi connectivity index (χ0n) is 17.1. The van der Waals surface area contributed by atoms with E-state index in [-0.39, 0.29) is 29.1 Å². The molecule has 0 spiro atoms. The Balaban J connectivity index is 1.13. The molecule has 7 nitrogen and oxygen atoms in total. The van der Waals surface area contributed by atoms with Crippen LogP contribution < -0.4 is 16.3 Å². The van der Waals surface area contributed by atoms with Crippen molar-refractivity contribution in [2.24, 2.45) is 23.2 Å². The molecular formula is C23H28N4O3. The number of fused-ring (bicyclic) bond motifs is 1. The molecule has 7 heteroatoms. The van der Waals surface area contributed by atoms with E-state index >= 15 is 0 Å². The summed E-state index contributed by atoms with van der Waals surface area (Å²) in [6.07, 6.45) is 9.53. The van der Waals surface area contributed by atoms with E-state index in [4.69, 9.17) is 0 Å². The molecule has 0 atom stereocenters. The van der Waals surface area contributed by atoms with Crippen LogP contribution in [0, 0.1) is 23.2 Å². The van der Waals surface area contributed by atoms with Gasteiger partial charge in [0, 0.05) is 18.2 Å². The minimum Gasteiger partial charge on any atom is -0.287 e. The molecule has 1 aromatic carbocycles. The van der Waals surface area contributed by atoms with Crippen molar-refractivity contribution < 1.29 is 9.59 Å². The molecule has 2 amide bonds. The average Bonchev–Trinajstić information content (AvgIpc) is 2.71. The van der Waals surface area contributed by atoms with Crippen LogP contribution in [-0.4, -0.2) is 21.6 Å². The summed E-state index contributed by atoms with van der Waals surface area (Å²) in [4.78, 5) is 36.7. The van der Waals surface area contributed by atoms with Gasteiger partial charge in [0.2, 0.25) is 17.2 Å². The number of hydrogen-bond donors (Lipinski definition) is 2. The lowest BCUT2D eigenvalue weighted by atomic mass is 9.49. The zero-order chi connectivity index (χ0) is 20.7. The van der Waals surface area contributed by atoms with Crippen molar-refractivity contribution in [2.45, 2.75) is 57.9 Å². The van der Waals surface area contributed by atoms with Crippen LogP contribution in [0.5, 0.6) is 0 Å². The normalized spacial score (nSPS) is 29.1. The van der Waals surface area contributed by atoms with Gasteiger partial charge < -0.3 is 0 Å². The molecule has 0 saturated heterocycles. The van der Waals surface area contributed by atoms with Crippen molar-refractivity contribution in [3.05, 3.63) is 40.7 Å². The van der Waals surface area contributed by atoms with Gasteiger partial charge in [0.1, 0.15) is 0 Å². The minimum absolute atomic E-state index is 0.0859. The maximum absolute atomic E-state index is 12.5. The van der Waals surface area contributed by atoms with E-state index in [1.807, 2.05) is 12.1 Å². The van der Waals surface area contributed by atoms with E-state index < -0.39 is 0 Å². The average molecular weight is 409 g/mol. The standard InChI is InChI=1S/C23H28N4O3/c28-20-14-24-27(19-4-2-1-3-18(19)20)6-5-21(29)25-26-22(30)13-23-10-15-7-16(11-23)9-17(8-15)12-23/h1-4,14-17H,5-13H2,(H,25,29)(H,26,30). The van der Waals surface area contributed by atoms with Gasteiger partial charge >= 0.3 is 0 Å². The summed E-state index contributed by atoms with van der Waals surface area (Å²) >= 11 is 0. The number of hydrogen-bond acceptors (Lipinski definition) is 4. The van der Waals surface area contributed by atoms with Gasteiger partial charge in [0.05, 0.1) is 18.3 Å². The van der Waals surface area contributed by atoms with Crippen molar-refractivity contribution in [3.8, 4) is 0 Å². The van der Waals surface area contributed by atoms with Crippen molar-refractivity contribution in [2.75, 3.05) is 0 Å². The monoisotopic (exact) mass is 408 g/mol. The quantitative estimate of drug-likeness (QED) is 0.744. The summed E-state index contributed by atoms with van der Waals surface area (Å²) in [6, 6.07) is 7.21. The highest BCUT2D eigenvalue weighted by Crippen LogP contribution is 2.61. The van der Waals surface area contributed by atoms with Gasteiger partial charge in [-0.05, 0) is 73.8 Å². The molecule has 6 rings (SSSR count). The van der Waals surface area contributed by atoms with Gasteiger partial charge in [0.15, 0.2) is 0 Å². The van der Waals surface area contributed by atoms with Crippen molar-refractivity contribution in [1.82, 2.24) is 20.6 Å². The molecule has 1 aromatic heterocycles. The van der Waals surface area contributed by atoms with Gasteiger partial charge in [-0.3, -0.25) is 29.9 Å². The topological polar surface area (TPSA) is 93.1 Å². The van der Waals surface area contributed by atoms with E-state index in [1.165, 1.54) is 44.7 Å². The van der Waals surface area contributed by atoms with Crippen molar-refractivity contribution >= 4 is 22.7 Å². The second-order valence-corrected chi connectivity index (χ2v) is 9.69. The molecule has 158 valence electrons. The third-order valence-corrected chi connectivity index (χ3v) is 7.35. The Kier molecular flexibility index (Phi) is 4.83. The number of aryl methyl sites for hydroxylation is 1. The van der Waals surface area contributed by atoms with E-state index in [2.05, 4.69) is 16.0 Å².